The van der Waals surface area contributed by atoms with Crippen LogP contribution in [-0.4, -0.2) is 46.1 Å². The molecule has 0 spiro atoms. The third-order valence-corrected chi connectivity index (χ3v) is 4.46. The van der Waals surface area contributed by atoms with Gasteiger partial charge in [-0.05, 0) is 44.4 Å². The van der Waals surface area contributed by atoms with Crippen LogP contribution in [0, 0.1) is 0 Å². The summed E-state index contributed by atoms with van der Waals surface area (Å²) in [5.74, 6) is 0.0966. The van der Waals surface area contributed by atoms with Gasteiger partial charge in [0.15, 0.2) is 0 Å². The normalized spacial score (nSPS) is 17.2. The molecule has 0 aromatic carbocycles. The number of amides is 1. The van der Waals surface area contributed by atoms with Crippen molar-refractivity contribution < 1.29 is 4.79 Å². The van der Waals surface area contributed by atoms with Crippen LogP contribution in [0.2, 0.25) is 0 Å². The predicted molar refractivity (Wildman–Crippen MR) is 81.2 cm³/mol. The van der Waals surface area contributed by atoms with Gasteiger partial charge >= 0.3 is 0 Å². The van der Waals surface area contributed by atoms with E-state index in [1.807, 2.05) is 11.8 Å². The lowest BCUT2D eigenvalue weighted by atomic mass is 9.91. The third-order valence-electron chi connectivity index (χ3n) is 3.74. The first-order chi connectivity index (χ1) is 9.45. The zero-order valence-electron chi connectivity index (χ0n) is 12.8. The molecular weight excluding hydrogens is 272 g/mol. The second kappa shape index (κ2) is 6.18. The first-order valence-electron chi connectivity index (χ1n) is 7.29. The lowest BCUT2D eigenvalue weighted by Crippen LogP contribution is -2.46. The van der Waals surface area contributed by atoms with E-state index in [-0.39, 0.29) is 11.3 Å². The highest BCUT2D eigenvalue weighted by atomic mass is 32.1. The average molecular weight is 296 g/mol. The standard InChI is InChI=1S/C14H24N4OS/c1-5-18(10-6-8-15-9-7-10)13(19)11-12(14(2,3)4)16-17-20-11/h10,15H,5-9H2,1-4H3. The Morgan fingerprint density at radius 1 is 1.40 bits per heavy atom. The molecule has 1 aromatic rings. The van der Waals surface area contributed by atoms with Crippen LogP contribution < -0.4 is 5.32 Å². The Morgan fingerprint density at radius 3 is 2.60 bits per heavy atom. The second-order valence-corrected chi connectivity index (χ2v) is 7.03. The Kier molecular flexibility index (Phi) is 4.75. The van der Waals surface area contributed by atoms with Crippen molar-refractivity contribution in [2.45, 2.75) is 52.0 Å². The first-order valence-corrected chi connectivity index (χ1v) is 8.07. The fourth-order valence-electron chi connectivity index (χ4n) is 2.64. The SMILES string of the molecule is CCN(C(=O)c1snnc1C(C)(C)C)C1CCNCC1. The van der Waals surface area contributed by atoms with E-state index in [0.717, 1.165) is 38.2 Å². The highest BCUT2D eigenvalue weighted by Crippen LogP contribution is 2.28. The Hall–Kier alpha value is -1.01. The molecule has 0 bridgehead atoms. The summed E-state index contributed by atoms with van der Waals surface area (Å²) in [4.78, 5) is 15.5. The molecule has 1 fully saturated rings. The summed E-state index contributed by atoms with van der Waals surface area (Å²) in [5.41, 5.74) is 0.672. The molecule has 0 aliphatic carbocycles. The van der Waals surface area contributed by atoms with Crippen molar-refractivity contribution in [1.82, 2.24) is 19.8 Å². The molecule has 2 heterocycles. The van der Waals surface area contributed by atoms with Crippen LogP contribution in [0.15, 0.2) is 0 Å². The number of carbonyl (C=O) groups is 1. The van der Waals surface area contributed by atoms with Gasteiger partial charge in [-0.25, -0.2) is 0 Å². The van der Waals surface area contributed by atoms with Gasteiger partial charge in [-0.15, -0.1) is 5.10 Å². The van der Waals surface area contributed by atoms with E-state index in [0.29, 0.717) is 10.9 Å². The summed E-state index contributed by atoms with van der Waals surface area (Å²) in [6, 6.07) is 0.337. The third kappa shape index (κ3) is 3.17. The summed E-state index contributed by atoms with van der Waals surface area (Å²) >= 11 is 1.22. The molecule has 1 saturated heterocycles. The number of hydrogen-bond acceptors (Lipinski definition) is 5. The van der Waals surface area contributed by atoms with Crippen molar-refractivity contribution >= 4 is 17.4 Å². The van der Waals surface area contributed by atoms with Crippen molar-refractivity contribution in [3.63, 3.8) is 0 Å². The molecule has 1 amide bonds. The number of nitrogens with one attached hydrogen (secondary N) is 1. The average Bonchev–Trinajstić information content (AvgIpc) is 2.90. The Labute approximate surface area is 124 Å². The van der Waals surface area contributed by atoms with E-state index in [9.17, 15) is 4.79 Å². The lowest BCUT2D eigenvalue weighted by Gasteiger charge is -2.34. The molecule has 1 aromatic heterocycles. The van der Waals surface area contributed by atoms with Gasteiger partial charge in [-0.3, -0.25) is 4.79 Å². The van der Waals surface area contributed by atoms with Crippen molar-refractivity contribution in [2.75, 3.05) is 19.6 Å². The molecule has 0 unspecified atom stereocenters. The van der Waals surface area contributed by atoms with Crippen molar-refractivity contribution in [2.24, 2.45) is 0 Å². The predicted octanol–water partition coefficient (Wildman–Crippen LogP) is 2.05. The van der Waals surface area contributed by atoms with E-state index in [1.54, 1.807) is 0 Å². The molecule has 1 aliphatic rings. The van der Waals surface area contributed by atoms with Crippen LogP contribution in [0.3, 0.4) is 0 Å². The first kappa shape index (κ1) is 15.4. The van der Waals surface area contributed by atoms with Crippen LogP contribution in [0.4, 0.5) is 0 Å². The smallest absolute Gasteiger partial charge is 0.267 e. The molecule has 0 radical (unpaired) electrons. The van der Waals surface area contributed by atoms with Gasteiger partial charge in [0.25, 0.3) is 5.91 Å². The van der Waals surface area contributed by atoms with Gasteiger partial charge in [0.2, 0.25) is 0 Å². The fourth-order valence-corrected chi connectivity index (χ4v) is 3.47. The van der Waals surface area contributed by atoms with Crippen LogP contribution >= 0.6 is 11.5 Å². The van der Waals surface area contributed by atoms with Crippen molar-refractivity contribution in [3.05, 3.63) is 10.6 Å². The summed E-state index contributed by atoms with van der Waals surface area (Å²) in [7, 11) is 0. The quantitative estimate of drug-likeness (QED) is 0.927. The number of carbonyl (C=O) groups excluding carboxylic acids is 1. The number of aromatic nitrogens is 2. The summed E-state index contributed by atoms with van der Waals surface area (Å²) < 4.78 is 4.00. The van der Waals surface area contributed by atoms with Crippen molar-refractivity contribution in [1.29, 1.82) is 0 Å². The maximum absolute atomic E-state index is 12.8. The molecule has 0 saturated carbocycles. The minimum absolute atomic E-state index is 0.0966. The Balaban J connectivity index is 2.22. The highest BCUT2D eigenvalue weighted by Gasteiger charge is 2.31. The molecule has 1 aliphatic heterocycles. The van der Waals surface area contributed by atoms with Gasteiger partial charge in [-0.1, -0.05) is 25.3 Å². The maximum Gasteiger partial charge on any atom is 0.267 e. The fraction of sp³-hybridized carbons (Fsp3) is 0.786. The molecule has 5 nitrogen and oxygen atoms in total. The van der Waals surface area contributed by atoms with E-state index in [1.165, 1.54) is 11.5 Å². The number of nitrogens with zero attached hydrogens (tertiary/aromatic N) is 3. The van der Waals surface area contributed by atoms with Gasteiger partial charge < -0.3 is 10.2 Å². The number of piperidine rings is 1. The number of hydrogen-bond donors (Lipinski definition) is 1. The highest BCUT2D eigenvalue weighted by molar-refractivity contribution is 7.08. The van der Waals surface area contributed by atoms with Crippen LogP contribution in [0.5, 0.6) is 0 Å². The molecule has 112 valence electrons. The molecule has 2 rings (SSSR count). The summed E-state index contributed by atoms with van der Waals surface area (Å²) in [6.45, 7) is 11.0. The maximum atomic E-state index is 12.8. The lowest BCUT2D eigenvalue weighted by molar-refractivity contribution is 0.0658. The minimum atomic E-state index is -0.147. The monoisotopic (exact) mass is 296 g/mol. The molecule has 20 heavy (non-hydrogen) atoms. The van der Waals surface area contributed by atoms with E-state index in [2.05, 4.69) is 35.7 Å². The van der Waals surface area contributed by atoms with Gasteiger partial charge in [0.05, 0.1) is 5.69 Å². The van der Waals surface area contributed by atoms with E-state index in [4.69, 9.17) is 0 Å². The van der Waals surface area contributed by atoms with Gasteiger partial charge in [0.1, 0.15) is 4.88 Å². The van der Waals surface area contributed by atoms with Crippen LogP contribution in [-0.2, 0) is 5.41 Å². The summed E-state index contributed by atoms with van der Waals surface area (Å²) in [5, 5.41) is 7.52. The number of rotatable bonds is 3. The topological polar surface area (TPSA) is 58.1 Å². The Morgan fingerprint density at radius 2 is 2.05 bits per heavy atom. The zero-order valence-corrected chi connectivity index (χ0v) is 13.6. The molecule has 0 atom stereocenters. The largest absolute Gasteiger partial charge is 0.335 e. The molecular formula is C14H24N4OS. The molecule has 6 heteroatoms. The molecule has 1 N–H and O–H groups in total. The van der Waals surface area contributed by atoms with Gasteiger partial charge in [-0.2, -0.15) is 0 Å². The van der Waals surface area contributed by atoms with Gasteiger partial charge in [0, 0.05) is 18.0 Å². The second-order valence-electron chi connectivity index (χ2n) is 6.27. The van der Waals surface area contributed by atoms with E-state index < -0.39 is 0 Å². The Bertz CT molecular complexity index is 460. The van der Waals surface area contributed by atoms with Crippen LogP contribution in [0.1, 0.15) is 55.9 Å². The van der Waals surface area contributed by atoms with Crippen molar-refractivity contribution in [3.8, 4) is 0 Å². The summed E-state index contributed by atoms with van der Waals surface area (Å²) in [6.07, 6.45) is 2.05. The minimum Gasteiger partial charge on any atom is -0.335 e. The van der Waals surface area contributed by atoms with Crippen LogP contribution in [0.25, 0.3) is 0 Å². The zero-order chi connectivity index (χ0) is 14.8. The van der Waals surface area contributed by atoms with E-state index >= 15 is 0 Å².